The van der Waals surface area contributed by atoms with Gasteiger partial charge < -0.3 is 4.90 Å². The van der Waals surface area contributed by atoms with Crippen LogP contribution >= 0.6 is 0 Å². The summed E-state index contributed by atoms with van der Waals surface area (Å²) < 4.78 is 18.5. The van der Waals surface area contributed by atoms with E-state index in [0.29, 0.717) is 36.4 Å². The summed E-state index contributed by atoms with van der Waals surface area (Å²) in [7, 11) is 0. The second-order valence-electron chi connectivity index (χ2n) is 8.40. The number of nitrogens with zero attached hydrogens (tertiary/aromatic N) is 4. The lowest BCUT2D eigenvalue weighted by Gasteiger charge is -2.37. The molecule has 4 rings (SSSR count). The predicted octanol–water partition coefficient (Wildman–Crippen LogP) is 2.18. The largest absolute Gasteiger partial charge is 0.333 e. The van der Waals surface area contributed by atoms with Crippen LogP contribution in [0.15, 0.2) is 46.4 Å². The summed E-state index contributed by atoms with van der Waals surface area (Å²) in [5.74, 6) is 0.584. The number of hydrogen-bond donors (Lipinski definition) is 1. The Hall–Kier alpha value is -2.74. The van der Waals surface area contributed by atoms with Crippen LogP contribution in [0.4, 0.5) is 4.39 Å². The van der Waals surface area contributed by atoms with E-state index in [-0.39, 0.29) is 0 Å². The van der Waals surface area contributed by atoms with Gasteiger partial charge in [-0.1, -0.05) is 13.8 Å². The van der Waals surface area contributed by atoms with Crippen molar-refractivity contribution in [3.63, 3.8) is 0 Å². The normalized spacial score (nSPS) is 17.2. The predicted molar refractivity (Wildman–Crippen MR) is 109 cm³/mol. The lowest BCUT2D eigenvalue weighted by molar-refractivity contribution is 0.0537. The Morgan fingerprint density at radius 2 is 1.97 bits per heavy atom. The fourth-order valence-corrected chi connectivity index (χ4v) is 4.11. The van der Waals surface area contributed by atoms with Crippen LogP contribution in [-0.4, -0.2) is 49.4 Å². The van der Waals surface area contributed by atoms with Crippen LogP contribution in [0.2, 0.25) is 0 Å². The Labute approximate surface area is 167 Å². The van der Waals surface area contributed by atoms with E-state index in [9.17, 15) is 9.59 Å². The Kier molecular flexibility index (Phi) is 5.12. The van der Waals surface area contributed by atoms with Crippen molar-refractivity contribution in [3.05, 3.63) is 63.2 Å². The molecule has 8 heteroatoms. The smallest absolute Gasteiger partial charge is 0.303 e. The lowest BCUT2D eigenvalue weighted by Crippen LogP contribution is -2.44. The number of aromatic amines is 1. The molecule has 29 heavy (non-hydrogen) atoms. The number of nitrogens with one attached hydrogen (secondary N) is 1. The first-order valence-electron chi connectivity index (χ1n) is 10.0. The molecular formula is C21H26FN5O2. The molecule has 154 valence electrons. The molecule has 3 aromatic heterocycles. The molecule has 0 aromatic carbocycles. The van der Waals surface area contributed by atoms with E-state index >= 15 is 4.39 Å². The molecule has 1 saturated heterocycles. The third kappa shape index (κ3) is 4.17. The molecule has 3 aromatic rings. The summed E-state index contributed by atoms with van der Waals surface area (Å²) in [5.41, 5.74) is -0.0912. The molecule has 7 nitrogen and oxygen atoms in total. The van der Waals surface area contributed by atoms with Crippen LogP contribution in [-0.2, 0) is 6.42 Å². The van der Waals surface area contributed by atoms with Crippen molar-refractivity contribution in [2.24, 2.45) is 5.92 Å². The molecule has 1 aliphatic rings. The number of alkyl halides is 1. The van der Waals surface area contributed by atoms with E-state index in [1.807, 2.05) is 12.1 Å². The van der Waals surface area contributed by atoms with E-state index in [1.165, 1.54) is 16.8 Å². The van der Waals surface area contributed by atoms with Crippen LogP contribution in [0.5, 0.6) is 0 Å². The van der Waals surface area contributed by atoms with Crippen LogP contribution < -0.4 is 11.2 Å². The summed E-state index contributed by atoms with van der Waals surface area (Å²) in [6.07, 6.45) is 6.15. The van der Waals surface area contributed by atoms with Gasteiger partial charge in [-0.05, 0) is 36.5 Å². The molecule has 1 fully saturated rings. The number of piperidine rings is 1. The van der Waals surface area contributed by atoms with Crippen molar-refractivity contribution < 1.29 is 4.39 Å². The van der Waals surface area contributed by atoms with Gasteiger partial charge in [0.1, 0.15) is 5.67 Å². The minimum absolute atomic E-state index is 0.337. The highest BCUT2D eigenvalue weighted by molar-refractivity contribution is 5.64. The number of likely N-dealkylation sites (tertiary alicyclic amines) is 1. The number of halogens is 1. The fraction of sp³-hybridized carbons (Fsp3) is 0.476. The average molecular weight is 399 g/mol. The number of aromatic nitrogens is 4. The SMILES string of the molecule is CC(C)CN1CCC(F)(Cc2ccn3ncc(-n4ccc(=O)[nH]c4=O)c3c2)CC1. The quantitative estimate of drug-likeness (QED) is 0.714. The lowest BCUT2D eigenvalue weighted by atomic mass is 9.87. The molecule has 0 bridgehead atoms. The minimum Gasteiger partial charge on any atom is -0.303 e. The number of fused-ring (bicyclic) bond motifs is 1. The summed E-state index contributed by atoms with van der Waals surface area (Å²) in [4.78, 5) is 28.1. The Morgan fingerprint density at radius 3 is 2.66 bits per heavy atom. The van der Waals surface area contributed by atoms with Gasteiger partial charge in [0.2, 0.25) is 0 Å². The third-order valence-corrected chi connectivity index (χ3v) is 5.55. The molecule has 0 spiro atoms. The average Bonchev–Trinajstić information content (AvgIpc) is 3.06. The molecule has 0 amide bonds. The van der Waals surface area contributed by atoms with Crippen molar-refractivity contribution in [2.45, 2.75) is 38.8 Å². The second kappa shape index (κ2) is 7.59. The summed E-state index contributed by atoms with van der Waals surface area (Å²) in [5, 5.41) is 4.27. The number of rotatable bonds is 5. The highest BCUT2D eigenvalue weighted by Crippen LogP contribution is 2.31. The first-order valence-corrected chi connectivity index (χ1v) is 10.0. The van der Waals surface area contributed by atoms with E-state index in [0.717, 1.165) is 25.2 Å². The topological polar surface area (TPSA) is 75.4 Å². The molecule has 1 N–H and O–H groups in total. The minimum atomic E-state index is -1.22. The van der Waals surface area contributed by atoms with Crippen molar-refractivity contribution >= 4 is 5.52 Å². The molecule has 0 saturated carbocycles. The Balaban J connectivity index is 1.58. The van der Waals surface area contributed by atoms with Crippen molar-refractivity contribution in [3.8, 4) is 5.69 Å². The van der Waals surface area contributed by atoms with Gasteiger partial charge in [-0.15, -0.1) is 0 Å². The Bertz CT molecular complexity index is 1120. The first-order chi connectivity index (χ1) is 13.8. The molecule has 0 radical (unpaired) electrons. The van der Waals surface area contributed by atoms with Gasteiger partial charge in [0.25, 0.3) is 5.56 Å². The Morgan fingerprint density at radius 1 is 1.21 bits per heavy atom. The van der Waals surface area contributed by atoms with E-state index < -0.39 is 16.9 Å². The standard InChI is InChI=1S/C21H26FN5O2/c1-15(2)14-25-9-5-21(22,6-10-25)12-16-3-8-27-17(11-16)18(13-23-27)26-7-4-19(28)24-20(26)29/h3-4,7-8,11,13,15H,5-6,9-10,12,14H2,1-2H3,(H,24,28,29). The van der Waals surface area contributed by atoms with Crippen molar-refractivity contribution in [2.75, 3.05) is 19.6 Å². The van der Waals surface area contributed by atoms with E-state index in [4.69, 9.17) is 0 Å². The van der Waals surface area contributed by atoms with E-state index in [2.05, 4.69) is 28.8 Å². The van der Waals surface area contributed by atoms with Crippen LogP contribution in [0, 0.1) is 5.92 Å². The second-order valence-corrected chi connectivity index (χ2v) is 8.40. The number of H-pyrrole nitrogens is 1. The van der Waals surface area contributed by atoms with Gasteiger partial charge in [-0.25, -0.2) is 13.7 Å². The fourth-order valence-electron chi connectivity index (χ4n) is 4.11. The zero-order valence-corrected chi connectivity index (χ0v) is 16.8. The molecular weight excluding hydrogens is 373 g/mol. The molecule has 0 aliphatic carbocycles. The molecule has 0 atom stereocenters. The zero-order valence-electron chi connectivity index (χ0n) is 16.8. The molecule has 1 aliphatic heterocycles. The first kappa shape index (κ1) is 19.6. The molecule has 0 unspecified atom stereocenters. The van der Waals surface area contributed by atoms with E-state index in [1.54, 1.807) is 16.9 Å². The zero-order chi connectivity index (χ0) is 20.6. The maximum atomic E-state index is 15.5. The molecule has 4 heterocycles. The van der Waals surface area contributed by atoms with Crippen molar-refractivity contribution in [1.29, 1.82) is 0 Å². The monoisotopic (exact) mass is 399 g/mol. The summed E-state index contributed by atoms with van der Waals surface area (Å²) in [6, 6.07) is 5.04. The van der Waals surface area contributed by atoms with Gasteiger partial charge in [-0.3, -0.25) is 14.3 Å². The maximum absolute atomic E-state index is 15.5. The van der Waals surface area contributed by atoms with Crippen LogP contribution in [0.25, 0.3) is 11.2 Å². The van der Waals surface area contributed by atoms with Gasteiger partial charge in [0.05, 0.1) is 17.4 Å². The van der Waals surface area contributed by atoms with Crippen LogP contribution in [0.1, 0.15) is 32.3 Å². The highest BCUT2D eigenvalue weighted by atomic mass is 19.1. The van der Waals surface area contributed by atoms with Gasteiger partial charge in [-0.2, -0.15) is 5.10 Å². The van der Waals surface area contributed by atoms with Crippen LogP contribution in [0.3, 0.4) is 0 Å². The summed E-state index contributed by atoms with van der Waals surface area (Å²) in [6.45, 7) is 6.94. The summed E-state index contributed by atoms with van der Waals surface area (Å²) >= 11 is 0. The third-order valence-electron chi connectivity index (χ3n) is 5.55. The number of hydrogen-bond acceptors (Lipinski definition) is 4. The maximum Gasteiger partial charge on any atom is 0.333 e. The highest BCUT2D eigenvalue weighted by Gasteiger charge is 2.34. The van der Waals surface area contributed by atoms with Crippen molar-refractivity contribution in [1.82, 2.24) is 24.1 Å². The van der Waals surface area contributed by atoms with Gasteiger partial charge >= 0.3 is 5.69 Å². The van der Waals surface area contributed by atoms with Gasteiger partial charge in [0.15, 0.2) is 0 Å². The number of pyridine rings is 1. The van der Waals surface area contributed by atoms with Gasteiger partial charge in [0, 0.05) is 44.5 Å².